The predicted octanol–water partition coefficient (Wildman–Crippen LogP) is 3.18. The Morgan fingerprint density at radius 1 is 1.13 bits per heavy atom. The number of nitrogens with zero attached hydrogens (tertiary/aromatic N) is 2. The van der Waals surface area contributed by atoms with E-state index in [-0.39, 0.29) is 6.42 Å². The molecule has 5 heteroatoms. The van der Waals surface area contributed by atoms with Crippen molar-refractivity contribution in [3.8, 4) is 22.6 Å². The second kappa shape index (κ2) is 6.36. The molecule has 2 aromatic carbocycles. The Bertz CT molecular complexity index is 808. The van der Waals surface area contributed by atoms with Crippen molar-refractivity contribution >= 4 is 5.97 Å². The smallest absolute Gasteiger partial charge is 0.309 e. The number of ether oxygens (including phenoxy) is 1. The number of aromatic nitrogens is 2. The van der Waals surface area contributed by atoms with Crippen molar-refractivity contribution in [1.82, 2.24) is 9.78 Å². The zero-order valence-corrected chi connectivity index (χ0v) is 12.6. The van der Waals surface area contributed by atoms with Crippen LogP contribution in [0.3, 0.4) is 0 Å². The molecule has 1 heterocycles. The molecule has 3 rings (SSSR count). The van der Waals surface area contributed by atoms with Crippen LogP contribution in [0.5, 0.6) is 5.75 Å². The molecule has 0 aliphatic carbocycles. The molecule has 1 aromatic heterocycles. The van der Waals surface area contributed by atoms with Gasteiger partial charge in [-0.15, -0.1) is 0 Å². The summed E-state index contributed by atoms with van der Waals surface area (Å²) < 4.78 is 6.87. The Morgan fingerprint density at radius 2 is 1.83 bits per heavy atom. The van der Waals surface area contributed by atoms with Gasteiger partial charge < -0.3 is 9.84 Å². The fourth-order valence-corrected chi connectivity index (χ4v) is 2.41. The minimum atomic E-state index is -0.905. The van der Waals surface area contributed by atoms with Gasteiger partial charge in [-0.1, -0.05) is 30.3 Å². The summed E-state index contributed by atoms with van der Waals surface area (Å²) in [5, 5.41) is 13.6. The molecule has 0 bridgehead atoms. The van der Waals surface area contributed by atoms with Gasteiger partial charge >= 0.3 is 5.97 Å². The van der Waals surface area contributed by atoms with E-state index < -0.39 is 5.97 Å². The quantitative estimate of drug-likeness (QED) is 0.786. The molecule has 0 saturated heterocycles. The van der Waals surface area contributed by atoms with Crippen molar-refractivity contribution in [2.45, 2.75) is 6.42 Å². The number of carboxylic acid groups (broad SMARTS) is 1. The highest BCUT2D eigenvalue weighted by molar-refractivity contribution is 5.75. The molecular formula is C18H16N2O3. The van der Waals surface area contributed by atoms with Gasteiger partial charge in [0, 0.05) is 11.8 Å². The Kier molecular flexibility index (Phi) is 4.10. The summed E-state index contributed by atoms with van der Waals surface area (Å²) in [7, 11) is 1.61. The molecule has 0 unspecified atom stereocenters. The molecule has 116 valence electrons. The third-order valence-corrected chi connectivity index (χ3v) is 3.53. The van der Waals surface area contributed by atoms with Crippen LogP contribution >= 0.6 is 0 Å². The SMILES string of the molecule is COc1ccc(-c2cn(-c3ccccc3)nc2CC(=O)O)cc1. The maximum absolute atomic E-state index is 11.1. The van der Waals surface area contributed by atoms with Gasteiger partial charge in [-0.3, -0.25) is 4.79 Å². The molecule has 3 aromatic rings. The fourth-order valence-electron chi connectivity index (χ4n) is 2.41. The largest absolute Gasteiger partial charge is 0.497 e. The first-order chi connectivity index (χ1) is 11.2. The highest BCUT2D eigenvalue weighted by atomic mass is 16.5. The van der Waals surface area contributed by atoms with Crippen LogP contribution in [0.1, 0.15) is 5.69 Å². The summed E-state index contributed by atoms with van der Waals surface area (Å²) in [6.45, 7) is 0. The van der Waals surface area contributed by atoms with Crippen LogP contribution in [0.15, 0.2) is 60.8 Å². The van der Waals surface area contributed by atoms with Crippen LogP contribution in [0.25, 0.3) is 16.8 Å². The highest BCUT2D eigenvalue weighted by Crippen LogP contribution is 2.27. The van der Waals surface area contributed by atoms with E-state index in [2.05, 4.69) is 5.10 Å². The number of hydrogen-bond donors (Lipinski definition) is 1. The predicted molar refractivity (Wildman–Crippen MR) is 86.9 cm³/mol. The van der Waals surface area contributed by atoms with Gasteiger partial charge in [0.05, 0.1) is 24.9 Å². The van der Waals surface area contributed by atoms with E-state index in [9.17, 15) is 4.79 Å². The van der Waals surface area contributed by atoms with E-state index in [0.29, 0.717) is 5.69 Å². The zero-order chi connectivity index (χ0) is 16.2. The fraction of sp³-hybridized carbons (Fsp3) is 0.111. The van der Waals surface area contributed by atoms with Gasteiger partial charge in [-0.2, -0.15) is 5.10 Å². The molecule has 1 N–H and O–H groups in total. The molecular weight excluding hydrogens is 292 g/mol. The second-order valence-electron chi connectivity index (χ2n) is 5.07. The molecule has 0 amide bonds. The van der Waals surface area contributed by atoms with Crippen molar-refractivity contribution in [1.29, 1.82) is 0 Å². The molecule has 0 fully saturated rings. The van der Waals surface area contributed by atoms with Crippen LogP contribution in [0.4, 0.5) is 0 Å². The van der Waals surface area contributed by atoms with Crippen LogP contribution in [0, 0.1) is 0 Å². The molecule has 0 spiro atoms. The minimum Gasteiger partial charge on any atom is -0.497 e. The molecule has 5 nitrogen and oxygen atoms in total. The summed E-state index contributed by atoms with van der Waals surface area (Å²) in [6.07, 6.45) is 1.73. The summed E-state index contributed by atoms with van der Waals surface area (Å²) >= 11 is 0. The maximum Gasteiger partial charge on any atom is 0.309 e. The standard InChI is InChI=1S/C18H16N2O3/c1-23-15-9-7-13(8-10-15)16-12-20(14-5-3-2-4-6-14)19-17(16)11-18(21)22/h2-10,12H,11H2,1H3,(H,21,22). The van der Waals surface area contributed by atoms with Crippen LogP contribution < -0.4 is 4.74 Å². The molecule has 0 aliphatic rings. The Morgan fingerprint density at radius 3 is 2.43 bits per heavy atom. The first-order valence-electron chi connectivity index (χ1n) is 7.17. The number of para-hydroxylation sites is 1. The first kappa shape index (κ1) is 14.8. The highest BCUT2D eigenvalue weighted by Gasteiger charge is 2.15. The molecule has 0 radical (unpaired) electrons. The normalized spacial score (nSPS) is 10.5. The summed E-state index contributed by atoms with van der Waals surface area (Å²) in [4.78, 5) is 11.1. The van der Waals surface area contributed by atoms with E-state index in [1.54, 1.807) is 11.8 Å². The summed E-state index contributed by atoms with van der Waals surface area (Å²) in [5.74, 6) is -0.151. The Balaban J connectivity index is 2.06. The van der Waals surface area contributed by atoms with Crippen molar-refractivity contribution in [2.75, 3.05) is 7.11 Å². The number of carbonyl (C=O) groups is 1. The maximum atomic E-state index is 11.1. The number of rotatable bonds is 5. The lowest BCUT2D eigenvalue weighted by molar-refractivity contribution is -0.136. The number of hydrogen-bond acceptors (Lipinski definition) is 3. The van der Waals surface area contributed by atoms with Crippen molar-refractivity contribution in [2.24, 2.45) is 0 Å². The van der Waals surface area contributed by atoms with Gasteiger partial charge in [0.25, 0.3) is 0 Å². The van der Waals surface area contributed by atoms with E-state index >= 15 is 0 Å². The van der Waals surface area contributed by atoms with Gasteiger partial charge in [-0.05, 0) is 29.8 Å². The number of methoxy groups -OCH3 is 1. The minimum absolute atomic E-state index is 0.124. The van der Waals surface area contributed by atoms with Gasteiger partial charge in [0.1, 0.15) is 5.75 Å². The van der Waals surface area contributed by atoms with E-state index in [0.717, 1.165) is 22.6 Å². The van der Waals surface area contributed by atoms with Crippen molar-refractivity contribution < 1.29 is 14.6 Å². The first-order valence-corrected chi connectivity index (χ1v) is 7.17. The summed E-state index contributed by atoms with van der Waals surface area (Å²) in [6, 6.07) is 17.1. The third-order valence-electron chi connectivity index (χ3n) is 3.53. The Labute approximate surface area is 133 Å². The number of carboxylic acids is 1. The average molecular weight is 308 g/mol. The molecule has 0 aliphatic heterocycles. The Hall–Kier alpha value is -3.08. The van der Waals surface area contributed by atoms with E-state index in [1.807, 2.05) is 60.8 Å². The van der Waals surface area contributed by atoms with E-state index in [4.69, 9.17) is 9.84 Å². The van der Waals surface area contributed by atoms with Gasteiger partial charge in [0.2, 0.25) is 0 Å². The van der Waals surface area contributed by atoms with Crippen molar-refractivity contribution in [3.63, 3.8) is 0 Å². The number of benzene rings is 2. The number of aliphatic carboxylic acids is 1. The molecule has 0 atom stereocenters. The lowest BCUT2D eigenvalue weighted by Crippen LogP contribution is -2.03. The van der Waals surface area contributed by atoms with Crippen LogP contribution in [0.2, 0.25) is 0 Å². The van der Waals surface area contributed by atoms with Gasteiger partial charge in [-0.25, -0.2) is 4.68 Å². The zero-order valence-electron chi connectivity index (χ0n) is 12.6. The lowest BCUT2D eigenvalue weighted by atomic mass is 10.0. The van der Waals surface area contributed by atoms with E-state index in [1.165, 1.54) is 0 Å². The average Bonchev–Trinajstić information content (AvgIpc) is 2.99. The monoisotopic (exact) mass is 308 g/mol. The van der Waals surface area contributed by atoms with Crippen LogP contribution in [-0.4, -0.2) is 28.0 Å². The summed E-state index contributed by atoms with van der Waals surface area (Å²) in [5.41, 5.74) is 3.13. The van der Waals surface area contributed by atoms with Crippen LogP contribution in [-0.2, 0) is 11.2 Å². The lowest BCUT2D eigenvalue weighted by Gasteiger charge is -2.03. The molecule has 23 heavy (non-hydrogen) atoms. The van der Waals surface area contributed by atoms with Gasteiger partial charge in [0.15, 0.2) is 0 Å². The third kappa shape index (κ3) is 3.23. The topological polar surface area (TPSA) is 64.4 Å². The van der Waals surface area contributed by atoms with Crippen molar-refractivity contribution in [3.05, 3.63) is 66.5 Å². The second-order valence-corrected chi connectivity index (χ2v) is 5.07. The molecule has 0 saturated carbocycles.